The second-order valence-corrected chi connectivity index (χ2v) is 4.71. The van der Waals surface area contributed by atoms with Crippen molar-refractivity contribution in [3.05, 3.63) is 18.3 Å². The van der Waals surface area contributed by atoms with Gasteiger partial charge < -0.3 is 10.6 Å². The normalized spacial score (nSPS) is 10.4. The fourth-order valence-corrected chi connectivity index (χ4v) is 1.45. The minimum atomic E-state index is -0.0168. The molecule has 4 heteroatoms. The molecule has 100 valence electrons. The highest BCUT2D eigenvalue weighted by molar-refractivity contribution is 5.91. The van der Waals surface area contributed by atoms with E-state index in [1.54, 1.807) is 6.20 Å². The average molecular weight is 249 g/mol. The van der Waals surface area contributed by atoms with Crippen molar-refractivity contribution in [2.75, 3.05) is 17.2 Å². The Hall–Kier alpha value is -1.58. The van der Waals surface area contributed by atoms with Crippen molar-refractivity contribution >= 4 is 17.4 Å². The number of carbonyl (C=O) groups is 1. The third kappa shape index (κ3) is 5.17. The molecule has 1 aromatic heterocycles. The minimum absolute atomic E-state index is 0.0143. The van der Waals surface area contributed by atoms with Crippen LogP contribution in [0, 0.1) is 5.92 Å². The van der Waals surface area contributed by atoms with Gasteiger partial charge in [0.2, 0.25) is 5.91 Å². The van der Waals surface area contributed by atoms with E-state index in [2.05, 4.69) is 22.5 Å². The summed E-state index contributed by atoms with van der Waals surface area (Å²) in [5.41, 5.74) is 0.743. The number of carbonyl (C=O) groups excluding carboxylic acids is 1. The predicted octanol–water partition coefficient (Wildman–Crippen LogP) is 3.28. The third-order valence-electron chi connectivity index (χ3n) is 2.64. The molecule has 0 aliphatic rings. The first kappa shape index (κ1) is 14.5. The van der Waals surface area contributed by atoms with E-state index in [0.717, 1.165) is 24.5 Å². The zero-order valence-corrected chi connectivity index (χ0v) is 11.5. The summed E-state index contributed by atoms with van der Waals surface area (Å²) in [4.78, 5) is 15.7. The fourth-order valence-electron chi connectivity index (χ4n) is 1.45. The van der Waals surface area contributed by atoms with Crippen molar-refractivity contribution in [1.29, 1.82) is 0 Å². The lowest BCUT2D eigenvalue weighted by Gasteiger charge is -2.09. The zero-order valence-electron chi connectivity index (χ0n) is 11.5. The number of aromatic nitrogens is 1. The topological polar surface area (TPSA) is 54.0 Å². The predicted molar refractivity (Wildman–Crippen MR) is 75.7 cm³/mol. The summed E-state index contributed by atoms with van der Waals surface area (Å²) < 4.78 is 0. The number of hydrogen-bond acceptors (Lipinski definition) is 3. The van der Waals surface area contributed by atoms with Gasteiger partial charge in [0.05, 0.1) is 11.9 Å². The van der Waals surface area contributed by atoms with Gasteiger partial charge in [0, 0.05) is 12.5 Å². The van der Waals surface area contributed by atoms with Crippen molar-refractivity contribution in [2.24, 2.45) is 5.92 Å². The summed E-state index contributed by atoms with van der Waals surface area (Å²) in [6, 6.07) is 3.76. The summed E-state index contributed by atoms with van der Waals surface area (Å²) in [6.45, 7) is 6.86. The summed E-state index contributed by atoms with van der Waals surface area (Å²) in [6.07, 6.45) is 5.29. The van der Waals surface area contributed by atoms with Crippen LogP contribution in [-0.4, -0.2) is 17.4 Å². The molecule has 1 heterocycles. The second-order valence-electron chi connectivity index (χ2n) is 4.71. The van der Waals surface area contributed by atoms with Crippen LogP contribution in [-0.2, 0) is 4.79 Å². The average Bonchev–Trinajstić information content (AvgIpc) is 2.36. The van der Waals surface area contributed by atoms with Gasteiger partial charge in [-0.15, -0.1) is 0 Å². The van der Waals surface area contributed by atoms with Crippen LogP contribution >= 0.6 is 0 Å². The van der Waals surface area contributed by atoms with E-state index in [1.807, 2.05) is 26.0 Å². The van der Waals surface area contributed by atoms with Gasteiger partial charge >= 0.3 is 0 Å². The molecule has 1 rings (SSSR count). The Kier molecular flexibility index (Phi) is 6.19. The monoisotopic (exact) mass is 249 g/mol. The summed E-state index contributed by atoms with van der Waals surface area (Å²) in [5.74, 6) is 0.853. The number of unbranched alkanes of at least 4 members (excludes halogenated alkanes) is 2. The Bertz CT molecular complexity index is 360. The van der Waals surface area contributed by atoms with E-state index in [1.165, 1.54) is 12.8 Å². The highest BCUT2D eigenvalue weighted by Crippen LogP contribution is 2.11. The third-order valence-corrected chi connectivity index (χ3v) is 2.64. The van der Waals surface area contributed by atoms with Gasteiger partial charge in [-0.1, -0.05) is 33.6 Å². The Labute approximate surface area is 109 Å². The van der Waals surface area contributed by atoms with Crippen LogP contribution < -0.4 is 10.6 Å². The van der Waals surface area contributed by atoms with Gasteiger partial charge in [-0.05, 0) is 18.6 Å². The lowest BCUT2D eigenvalue weighted by atomic mass is 10.2. The van der Waals surface area contributed by atoms with Crippen molar-refractivity contribution in [3.63, 3.8) is 0 Å². The molecule has 4 nitrogen and oxygen atoms in total. The molecule has 0 unspecified atom stereocenters. The molecule has 0 aliphatic heterocycles. The molecule has 0 aliphatic carbocycles. The van der Waals surface area contributed by atoms with Gasteiger partial charge in [-0.2, -0.15) is 0 Å². The number of hydrogen-bond donors (Lipinski definition) is 2. The molecule has 1 amide bonds. The molecule has 0 aromatic carbocycles. The molecule has 0 bridgehead atoms. The van der Waals surface area contributed by atoms with Crippen LogP contribution in [0.4, 0.5) is 11.5 Å². The number of anilines is 2. The van der Waals surface area contributed by atoms with Gasteiger partial charge in [-0.25, -0.2) is 4.98 Å². The molecule has 0 spiro atoms. The van der Waals surface area contributed by atoms with E-state index >= 15 is 0 Å². The highest BCUT2D eigenvalue weighted by Gasteiger charge is 2.06. The van der Waals surface area contributed by atoms with Crippen molar-refractivity contribution in [2.45, 2.75) is 40.0 Å². The SMILES string of the molecule is CCCCCNc1ccc(NC(=O)C(C)C)cn1. The molecule has 0 fully saturated rings. The maximum absolute atomic E-state index is 11.5. The summed E-state index contributed by atoms with van der Waals surface area (Å²) in [7, 11) is 0. The molecule has 0 saturated heterocycles. The lowest BCUT2D eigenvalue weighted by molar-refractivity contribution is -0.118. The van der Waals surface area contributed by atoms with Crippen LogP contribution in [0.15, 0.2) is 18.3 Å². The summed E-state index contributed by atoms with van der Waals surface area (Å²) in [5, 5.41) is 6.07. The maximum Gasteiger partial charge on any atom is 0.226 e. The Balaban J connectivity index is 2.40. The van der Waals surface area contributed by atoms with Gasteiger partial charge in [0.15, 0.2) is 0 Å². The molecular formula is C14H23N3O. The standard InChI is InChI=1S/C14H23N3O/c1-4-5-6-9-15-13-8-7-12(10-16-13)17-14(18)11(2)3/h7-8,10-11H,4-6,9H2,1-3H3,(H,15,16)(H,17,18). The first-order chi connectivity index (χ1) is 8.63. The van der Waals surface area contributed by atoms with Crippen LogP contribution in [0.1, 0.15) is 40.0 Å². The van der Waals surface area contributed by atoms with Crippen molar-refractivity contribution < 1.29 is 4.79 Å². The first-order valence-electron chi connectivity index (χ1n) is 6.64. The van der Waals surface area contributed by atoms with Gasteiger partial charge in [0.25, 0.3) is 0 Å². The van der Waals surface area contributed by atoms with Crippen LogP contribution in [0.2, 0.25) is 0 Å². The zero-order chi connectivity index (χ0) is 13.4. The molecule has 2 N–H and O–H groups in total. The Morgan fingerprint density at radius 1 is 1.33 bits per heavy atom. The number of nitrogens with one attached hydrogen (secondary N) is 2. The number of nitrogens with zero attached hydrogens (tertiary/aromatic N) is 1. The number of amides is 1. The smallest absolute Gasteiger partial charge is 0.226 e. The quantitative estimate of drug-likeness (QED) is 0.729. The molecule has 1 aromatic rings. The first-order valence-corrected chi connectivity index (χ1v) is 6.64. The largest absolute Gasteiger partial charge is 0.370 e. The second kappa shape index (κ2) is 7.69. The van der Waals surface area contributed by atoms with Crippen LogP contribution in [0.3, 0.4) is 0 Å². The number of pyridine rings is 1. The van der Waals surface area contributed by atoms with Gasteiger partial charge in [-0.3, -0.25) is 4.79 Å². The van der Waals surface area contributed by atoms with Crippen LogP contribution in [0.25, 0.3) is 0 Å². The fraction of sp³-hybridized carbons (Fsp3) is 0.571. The van der Waals surface area contributed by atoms with Crippen molar-refractivity contribution in [3.8, 4) is 0 Å². The number of rotatable bonds is 7. The van der Waals surface area contributed by atoms with E-state index in [9.17, 15) is 4.79 Å². The van der Waals surface area contributed by atoms with Crippen molar-refractivity contribution in [1.82, 2.24) is 4.98 Å². The van der Waals surface area contributed by atoms with E-state index in [-0.39, 0.29) is 11.8 Å². The molecular weight excluding hydrogens is 226 g/mol. The molecule has 0 radical (unpaired) electrons. The molecule has 18 heavy (non-hydrogen) atoms. The maximum atomic E-state index is 11.5. The van der Waals surface area contributed by atoms with E-state index in [4.69, 9.17) is 0 Å². The van der Waals surface area contributed by atoms with E-state index in [0.29, 0.717) is 0 Å². The highest BCUT2D eigenvalue weighted by atomic mass is 16.1. The molecule has 0 atom stereocenters. The molecule has 0 saturated carbocycles. The Morgan fingerprint density at radius 3 is 2.67 bits per heavy atom. The summed E-state index contributed by atoms with van der Waals surface area (Å²) >= 11 is 0. The minimum Gasteiger partial charge on any atom is -0.370 e. The van der Waals surface area contributed by atoms with E-state index < -0.39 is 0 Å². The van der Waals surface area contributed by atoms with Gasteiger partial charge in [0.1, 0.15) is 5.82 Å². The lowest BCUT2D eigenvalue weighted by Crippen LogP contribution is -2.17. The Morgan fingerprint density at radius 2 is 2.11 bits per heavy atom. The van der Waals surface area contributed by atoms with Crippen LogP contribution in [0.5, 0.6) is 0 Å².